The summed E-state index contributed by atoms with van der Waals surface area (Å²) in [7, 11) is 4.04. The molecular formula is C15H23N3O2. The molecule has 110 valence electrons. The zero-order valence-electron chi connectivity index (χ0n) is 12.7. The normalized spacial score (nSPS) is 16.9. The molecule has 20 heavy (non-hydrogen) atoms. The fourth-order valence-electron chi connectivity index (χ4n) is 2.68. The highest BCUT2D eigenvalue weighted by atomic mass is 16.5. The lowest BCUT2D eigenvalue weighted by Crippen LogP contribution is -2.52. The Morgan fingerprint density at radius 2 is 2.20 bits per heavy atom. The standard InChI is InChI=1S/C15H23N3O2/c1-15(2,18-8-9-20-11-14(18)19)12-6-5-7-16-13(12)10-17(3)4/h5-7H,8-11H2,1-4H3. The van der Waals surface area contributed by atoms with Gasteiger partial charge in [-0.15, -0.1) is 0 Å². The number of hydrogen-bond acceptors (Lipinski definition) is 4. The summed E-state index contributed by atoms with van der Waals surface area (Å²) in [6.07, 6.45) is 1.81. The third-order valence-electron chi connectivity index (χ3n) is 3.68. The highest BCUT2D eigenvalue weighted by molar-refractivity contribution is 5.79. The molecule has 5 nitrogen and oxygen atoms in total. The number of pyridine rings is 1. The van der Waals surface area contributed by atoms with Gasteiger partial charge in [0.1, 0.15) is 6.61 Å². The first kappa shape index (κ1) is 14.9. The van der Waals surface area contributed by atoms with Gasteiger partial charge in [-0.05, 0) is 34.0 Å². The number of morpholine rings is 1. The second-order valence-corrected chi connectivity index (χ2v) is 5.89. The van der Waals surface area contributed by atoms with Crippen molar-refractivity contribution >= 4 is 5.91 Å². The van der Waals surface area contributed by atoms with Crippen LogP contribution in [0.1, 0.15) is 25.1 Å². The van der Waals surface area contributed by atoms with Crippen LogP contribution in [0.5, 0.6) is 0 Å². The minimum Gasteiger partial charge on any atom is -0.370 e. The Morgan fingerprint density at radius 3 is 2.85 bits per heavy atom. The van der Waals surface area contributed by atoms with Gasteiger partial charge in [0.15, 0.2) is 0 Å². The van der Waals surface area contributed by atoms with E-state index in [0.717, 1.165) is 17.8 Å². The lowest BCUT2D eigenvalue weighted by Gasteiger charge is -2.42. The number of amides is 1. The predicted octanol–water partition coefficient (Wildman–Crippen LogP) is 1.24. The van der Waals surface area contributed by atoms with Crippen molar-refractivity contribution < 1.29 is 9.53 Å². The van der Waals surface area contributed by atoms with Crippen molar-refractivity contribution in [1.29, 1.82) is 0 Å². The Balaban J connectivity index is 2.35. The molecule has 0 radical (unpaired) electrons. The molecule has 0 aliphatic carbocycles. The smallest absolute Gasteiger partial charge is 0.249 e. The maximum atomic E-state index is 12.1. The molecule has 1 fully saturated rings. The Bertz CT molecular complexity index is 486. The first-order valence-electron chi connectivity index (χ1n) is 6.90. The van der Waals surface area contributed by atoms with Gasteiger partial charge in [-0.1, -0.05) is 6.07 Å². The Labute approximate surface area is 120 Å². The third kappa shape index (κ3) is 2.99. The molecule has 0 aromatic carbocycles. The molecule has 0 atom stereocenters. The summed E-state index contributed by atoms with van der Waals surface area (Å²) < 4.78 is 5.22. The number of hydrogen-bond donors (Lipinski definition) is 0. The van der Waals surface area contributed by atoms with Crippen LogP contribution in [-0.2, 0) is 21.6 Å². The molecule has 2 heterocycles. The van der Waals surface area contributed by atoms with Crippen molar-refractivity contribution in [2.24, 2.45) is 0 Å². The van der Waals surface area contributed by atoms with E-state index in [4.69, 9.17) is 4.74 Å². The summed E-state index contributed by atoms with van der Waals surface area (Å²) in [4.78, 5) is 20.6. The summed E-state index contributed by atoms with van der Waals surface area (Å²) >= 11 is 0. The van der Waals surface area contributed by atoms with Crippen LogP contribution in [0.15, 0.2) is 18.3 Å². The Kier molecular flexibility index (Phi) is 4.40. The second-order valence-electron chi connectivity index (χ2n) is 5.89. The lowest BCUT2D eigenvalue weighted by molar-refractivity contribution is -0.150. The van der Waals surface area contributed by atoms with Gasteiger partial charge in [0.25, 0.3) is 0 Å². The second kappa shape index (κ2) is 5.89. The molecule has 0 unspecified atom stereocenters. The van der Waals surface area contributed by atoms with E-state index in [2.05, 4.69) is 29.8 Å². The summed E-state index contributed by atoms with van der Waals surface area (Å²) in [5.41, 5.74) is 1.74. The van der Waals surface area contributed by atoms with Gasteiger partial charge in [0.05, 0.1) is 17.8 Å². The van der Waals surface area contributed by atoms with Crippen molar-refractivity contribution in [3.05, 3.63) is 29.6 Å². The molecule has 1 saturated heterocycles. The topological polar surface area (TPSA) is 45.7 Å². The van der Waals surface area contributed by atoms with Crippen LogP contribution in [-0.4, -0.2) is 54.5 Å². The number of aromatic nitrogens is 1. The van der Waals surface area contributed by atoms with E-state index in [9.17, 15) is 4.79 Å². The quantitative estimate of drug-likeness (QED) is 0.830. The molecule has 2 rings (SSSR count). The summed E-state index contributed by atoms with van der Waals surface area (Å²) in [6.45, 7) is 6.31. The molecular weight excluding hydrogens is 254 g/mol. The van der Waals surface area contributed by atoms with Crippen molar-refractivity contribution in [2.45, 2.75) is 25.9 Å². The summed E-state index contributed by atoms with van der Waals surface area (Å²) in [5.74, 6) is 0.0425. The largest absolute Gasteiger partial charge is 0.370 e. The average molecular weight is 277 g/mol. The van der Waals surface area contributed by atoms with E-state index in [1.54, 1.807) is 6.20 Å². The van der Waals surface area contributed by atoms with E-state index in [1.807, 2.05) is 25.1 Å². The average Bonchev–Trinajstić information content (AvgIpc) is 2.38. The van der Waals surface area contributed by atoms with Gasteiger partial charge in [-0.25, -0.2) is 0 Å². The van der Waals surface area contributed by atoms with E-state index in [0.29, 0.717) is 13.2 Å². The first-order chi connectivity index (χ1) is 9.43. The van der Waals surface area contributed by atoms with Crippen molar-refractivity contribution in [3.63, 3.8) is 0 Å². The van der Waals surface area contributed by atoms with Gasteiger partial charge in [0.2, 0.25) is 5.91 Å². The molecule has 5 heteroatoms. The maximum absolute atomic E-state index is 12.1. The van der Waals surface area contributed by atoms with Crippen molar-refractivity contribution in [2.75, 3.05) is 33.9 Å². The Morgan fingerprint density at radius 1 is 1.45 bits per heavy atom. The highest BCUT2D eigenvalue weighted by Crippen LogP contribution is 2.31. The number of nitrogens with zero attached hydrogens (tertiary/aromatic N) is 3. The highest BCUT2D eigenvalue weighted by Gasteiger charge is 2.36. The van der Waals surface area contributed by atoms with Crippen LogP contribution in [0.3, 0.4) is 0 Å². The van der Waals surface area contributed by atoms with Crippen LogP contribution in [0.2, 0.25) is 0 Å². The van der Waals surface area contributed by atoms with E-state index in [1.165, 1.54) is 0 Å². The molecule has 1 aliphatic heterocycles. The van der Waals surface area contributed by atoms with Crippen LogP contribution in [0.4, 0.5) is 0 Å². The van der Waals surface area contributed by atoms with E-state index >= 15 is 0 Å². The van der Waals surface area contributed by atoms with Gasteiger partial charge in [-0.2, -0.15) is 0 Å². The minimum atomic E-state index is -0.375. The van der Waals surface area contributed by atoms with Crippen LogP contribution >= 0.6 is 0 Å². The molecule has 1 amide bonds. The molecule has 1 aliphatic rings. The maximum Gasteiger partial charge on any atom is 0.249 e. The minimum absolute atomic E-state index is 0.0425. The van der Waals surface area contributed by atoms with Gasteiger partial charge >= 0.3 is 0 Å². The lowest BCUT2D eigenvalue weighted by atomic mass is 9.90. The number of ether oxygens (including phenoxy) is 1. The van der Waals surface area contributed by atoms with Gasteiger partial charge in [0, 0.05) is 24.8 Å². The Hall–Kier alpha value is -1.46. The van der Waals surface area contributed by atoms with Gasteiger partial charge in [-0.3, -0.25) is 9.78 Å². The third-order valence-corrected chi connectivity index (χ3v) is 3.68. The SMILES string of the molecule is CN(C)Cc1ncccc1C(C)(C)N1CCOCC1=O. The van der Waals surface area contributed by atoms with Crippen LogP contribution < -0.4 is 0 Å². The number of rotatable bonds is 4. The zero-order valence-corrected chi connectivity index (χ0v) is 12.7. The predicted molar refractivity (Wildman–Crippen MR) is 77.2 cm³/mol. The van der Waals surface area contributed by atoms with Crippen LogP contribution in [0, 0.1) is 0 Å². The number of carbonyl (C=O) groups excluding carboxylic acids is 1. The monoisotopic (exact) mass is 277 g/mol. The van der Waals surface area contributed by atoms with Crippen molar-refractivity contribution in [1.82, 2.24) is 14.8 Å². The molecule has 0 N–H and O–H groups in total. The fourth-order valence-corrected chi connectivity index (χ4v) is 2.68. The van der Waals surface area contributed by atoms with Crippen LogP contribution in [0.25, 0.3) is 0 Å². The van der Waals surface area contributed by atoms with E-state index < -0.39 is 0 Å². The molecule has 0 spiro atoms. The zero-order chi connectivity index (χ0) is 14.8. The summed E-state index contributed by atoms with van der Waals surface area (Å²) in [5, 5.41) is 0. The summed E-state index contributed by atoms with van der Waals surface area (Å²) in [6, 6.07) is 4.00. The number of carbonyl (C=O) groups is 1. The van der Waals surface area contributed by atoms with Gasteiger partial charge < -0.3 is 14.5 Å². The molecule has 1 aromatic rings. The first-order valence-corrected chi connectivity index (χ1v) is 6.90. The molecule has 0 saturated carbocycles. The fraction of sp³-hybridized carbons (Fsp3) is 0.600. The van der Waals surface area contributed by atoms with Crippen molar-refractivity contribution in [3.8, 4) is 0 Å². The van der Waals surface area contributed by atoms with E-state index in [-0.39, 0.29) is 18.1 Å². The molecule has 0 bridgehead atoms. The molecule has 1 aromatic heterocycles.